The van der Waals surface area contributed by atoms with Gasteiger partial charge in [0.1, 0.15) is 17.8 Å². The van der Waals surface area contributed by atoms with Crippen molar-refractivity contribution in [3.63, 3.8) is 0 Å². The SMILES string of the molecule is C=C1CC(C)C(=O)NCC(=O)N(C)C(Cc2ccc(O)c(I)c2)C(=O)NC(C)C(=O)OC(C)CC(C)C1=O. The van der Waals surface area contributed by atoms with Crippen molar-refractivity contribution in [1.29, 1.82) is 0 Å². The molecule has 3 N–H and O–H groups in total. The van der Waals surface area contributed by atoms with Gasteiger partial charge in [0.2, 0.25) is 17.7 Å². The average molecular weight is 642 g/mol. The van der Waals surface area contributed by atoms with E-state index in [9.17, 15) is 29.1 Å². The van der Waals surface area contributed by atoms with Gasteiger partial charge in [-0.2, -0.15) is 0 Å². The van der Waals surface area contributed by atoms with Gasteiger partial charge in [0.15, 0.2) is 5.78 Å². The van der Waals surface area contributed by atoms with Crippen molar-refractivity contribution in [2.24, 2.45) is 11.8 Å². The first-order valence-corrected chi connectivity index (χ1v) is 13.5. The van der Waals surface area contributed by atoms with Crippen LogP contribution in [0.4, 0.5) is 0 Å². The minimum absolute atomic E-state index is 0.0916. The van der Waals surface area contributed by atoms with Crippen molar-refractivity contribution in [1.82, 2.24) is 15.5 Å². The van der Waals surface area contributed by atoms with E-state index >= 15 is 0 Å². The molecule has 0 aliphatic carbocycles. The zero-order valence-corrected chi connectivity index (χ0v) is 24.5. The molecule has 1 aliphatic heterocycles. The van der Waals surface area contributed by atoms with Crippen LogP contribution in [0.1, 0.15) is 46.1 Å². The summed E-state index contributed by atoms with van der Waals surface area (Å²) >= 11 is 1.96. The highest BCUT2D eigenvalue weighted by molar-refractivity contribution is 14.1. The quantitative estimate of drug-likeness (QED) is 0.255. The van der Waals surface area contributed by atoms with E-state index in [-0.39, 0.29) is 42.9 Å². The summed E-state index contributed by atoms with van der Waals surface area (Å²) in [4.78, 5) is 65.6. The molecule has 0 radical (unpaired) electrons. The van der Waals surface area contributed by atoms with Crippen LogP contribution in [-0.4, -0.2) is 71.3 Å². The van der Waals surface area contributed by atoms with Crippen molar-refractivity contribution in [2.45, 2.75) is 65.1 Å². The fourth-order valence-corrected chi connectivity index (χ4v) is 4.75. The highest BCUT2D eigenvalue weighted by Crippen LogP contribution is 2.22. The van der Waals surface area contributed by atoms with Gasteiger partial charge < -0.3 is 25.4 Å². The Bertz CT molecular complexity index is 1110. The lowest BCUT2D eigenvalue weighted by Crippen LogP contribution is -2.54. The number of cyclic esters (lactones) is 1. The van der Waals surface area contributed by atoms with E-state index in [1.165, 1.54) is 24.9 Å². The van der Waals surface area contributed by atoms with E-state index in [2.05, 4.69) is 17.2 Å². The van der Waals surface area contributed by atoms with Crippen LogP contribution in [-0.2, 0) is 35.1 Å². The molecule has 10 nitrogen and oxygen atoms in total. The molecular weight excluding hydrogens is 605 g/mol. The Morgan fingerprint density at radius 2 is 1.74 bits per heavy atom. The van der Waals surface area contributed by atoms with Crippen LogP contribution in [0.5, 0.6) is 5.75 Å². The van der Waals surface area contributed by atoms with Crippen LogP contribution in [0.25, 0.3) is 0 Å². The number of likely N-dealkylation sites (N-methyl/N-ethyl adjacent to an activating group) is 1. The van der Waals surface area contributed by atoms with Crippen molar-refractivity contribution < 1.29 is 33.8 Å². The zero-order chi connectivity index (χ0) is 28.7. The van der Waals surface area contributed by atoms with E-state index in [4.69, 9.17) is 4.74 Å². The smallest absolute Gasteiger partial charge is 0.328 e. The first kappa shape index (κ1) is 31.3. The number of carbonyl (C=O) groups is 5. The third-order valence-electron chi connectivity index (χ3n) is 6.53. The van der Waals surface area contributed by atoms with Crippen LogP contribution in [0.2, 0.25) is 0 Å². The molecule has 1 heterocycles. The van der Waals surface area contributed by atoms with Crippen LogP contribution < -0.4 is 10.6 Å². The fourth-order valence-electron chi connectivity index (χ4n) is 4.17. The molecule has 1 saturated heterocycles. The number of ketones is 1. The Hall–Kier alpha value is -2.96. The molecular formula is C27H36IN3O7. The van der Waals surface area contributed by atoms with E-state index in [0.29, 0.717) is 9.13 Å². The molecule has 0 bridgehead atoms. The minimum Gasteiger partial charge on any atom is -0.507 e. The van der Waals surface area contributed by atoms with Crippen LogP contribution in [0.15, 0.2) is 30.4 Å². The number of carbonyl (C=O) groups excluding carboxylic acids is 5. The number of hydrogen-bond donors (Lipinski definition) is 3. The molecule has 0 saturated carbocycles. The summed E-state index contributed by atoms with van der Waals surface area (Å²) in [6.07, 6.45) is -0.127. The molecule has 1 aromatic rings. The molecule has 38 heavy (non-hydrogen) atoms. The Kier molecular flexibility index (Phi) is 11.3. The molecule has 1 fully saturated rings. The highest BCUT2D eigenvalue weighted by Gasteiger charge is 2.31. The molecule has 208 valence electrons. The summed E-state index contributed by atoms with van der Waals surface area (Å²) in [5, 5.41) is 15.0. The number of rotatable bonds is 2. The fraction of sp³-hybridized carbons (Fsp3) is 0.519. The van der Waals surface area contributed by atoms with Gasteiger partial charge in [0.05, 0.1) is 16.2 Å². The number of ether oxygens (including phenoxy) is 1. The zero-order valence-electron chi connectivity index (χ0n) is 22.4. The van der Waals surface area contributed by atoms with E-state index in [0.717, 1.165) is 0 Å². The average Bonchev–Trinajstić information content (AvgIpc) is 2.85. The first-order valence-electron chi connectivity index (χ1n) is 12.4. The number of hydrogen-bond acceptors (Lipinski definition) is 7. The van der Waals surface area contributed by atoms with Crippen LogP contribution in [0, 0.1) is 15.4 Å². The van der Waals surface area contributed by atoms with Gasteiger partial charge in [0.25, 0.3) is 0 Å². The number of benzene rings is 1. The Labute approximate surface area is 236 Å². The lowest BCUT2D eigenvalue weighted by molar-refractivity contribution is -0.153. The number of halogens is 1. The van der Waals surface area contributed by atoms with Gasteiger partial charge in [-0.05, 0) is 72.5 Å². The maximum atomic E-state index is 13.3. The number of allylic oxidation sites excluding steroid dienone is 1. The molecule has 0 spiro atoms. The number of aromatic hydroxyl groups is 1. The number of amides is 3. The predicted octanol–water partition coefficient (Wildman–Crippen LogP) is 2.11. The van der Waals surface area contributed by atoms with E-state index in [1.54, 1.807) is 32.9 Å². The number of nitrogens with zero attached hydrogens (tertiary/aromatic N) is 1. The minimum atomic E-state index is -1.02. The number of phenols is 1. The molecule has 5 unspecified atom stereocenters. The normalized spacial score (nSPS) is 27.2. The Morgan fingerprint density at radius 1 is 1.08 bits per heavy atom. The summed E-state index contributed by atoms with van der Waals surface area (Å²) in [6, 6.07) is 2.82. The number of nitrogens with one attached hydrogen (secondary N) is 2. The summed E-state index contributed by atoms with van der Waals surface area (Å²) in [6.45, 7) is 9.96. The molecule has 3 amide bonds. The monoisotopic (exact) mass is 641 g/mol. The van der Waals surface area contributed by atoms with Crippen LogP contribution >= 0.6 is 22.6 Å². The van der Waals surface area contributed by atoms with Gasteiger partial charge >= 0.3 is 5.97 Å². The highest BCUT2D eigenvalue weighted by atomic mass is 127. The van der Waals surface area contributed by atoms with Crippen molar-refractivity contribution in [3.8, 4) is 5.75 Å². The maximum Gasteiger partial charge on any atom is 0.328 e. The topological polar surface area (TPSA) is 142 Å². The van der Waals surface area contributed by atoms with Gasteiger partial charge in [0, 0.05) is 25.3 Å². The number of esters is 1. The van der Waals surface area contributed by atoms with Crippen LogP contribution in [0.3, 0.4) is 0 Å². The Balaban J connectivity index is 2.35. The van der Waals surface area contributed by atoms with Gasteiger partial charge in [-0.3, -0.25) is 19.2 Å². The van der Waals surface area contributed by atoms with E-state index in [1.807, 2.05) is 22.6 Å². The second kappa shape index (κ2) is 13.7. The summed E-state index contributed by atoms with van der Waals surface area (Å²) in [5.41, 5.74) is 0.972. The number of phenolic OH excluding ortho intramolecular Hbond substituents is 1. The summed E-state index contributed by atoms with van der Waals surface area (Å²) in [5.74, 6) is -3.42. The standard InChI is InChI=1S/C27H36IN3O7/c1-14-9-16(3)25(35)29-13-23(33)31(6)21(12-19-7-8-22(32)20(28)11-19)26(36)30-18(5)27(37)38-17(4)10-15(2)24(14)34/h7-8,11,15-18,21,32H,1,9-10,12-13H2,2-6H3,(H,29,35)(H,30,36). The van der Waals surface area contributed by atoms with Gasteiger partial charge in [-0.25, -0.2) is 4.79 Å². The summed E-state index contributed by atoms with van der Waals surface area (Å²) in [7, 11) is 1.44. The number of Topliss-reactive ketones (excluding diaryl/α,β-unsaturated/α-hetero) is 1. The molecule has 1 aliphatic rings. The molecule has 11 heteroatoms. The molecule has 5 atom stereocenters. The van der Waals surface area contributed by atoms with Gasteiger partial charge in [-0.15, -0.1) is 0 Å². The predicted molar refractivity (Wildman–Crippen MR) is 149 cm³/mol. The van der Waals surface area contributed by atoms with Crippen molar-refractivity contribution >= 4 is 52.1 Å². The molecule has 0 aromatic heterocycles. The molecule has 2 rings (SSSR count). The van der Waals surface area contributed by atoms with Crippen molar-refractivity contribution in [2.75, 3.05) is 13.6 Å². The summed E-state index contributed by atoms with van der Waals surface area (Å²) < 4.78 is 6.05. The largest absolute Gasteiger partial charge is 0.507 e. The lowest BCUT2D eigenvalue weighted by Gasteiger charge is -2.29. The Morgan fingerprint density at radius 3 is 2.37 bits per heavy atom. The second-order valence-corrected chi connectivity index (χ2v) is 11.1. The lowest BCUT2D eigenvalue weighted by atomic mass is 9.90. The third-order valence-corrected chi connectivity index (χ3v) is 7.39. The second-order valence-electron chi connectivity index (χ2n) is 9.92. The van der Waals surface area contributed by atoms with E-state index < -0.39 is 53.7 Å². The third kappa shape index (κ3) is 8.53. The maximum absolute atomic E-state index is 13.3. The molecule has 1 aromatic carbocycles. The van der Waals surface area contributed by atoms with Crippen molar-refractivity contribution in [3.05, 3.63) is 39.5 Å². The first-order chi connectivity index (χ1) is 17.7. The van der Waals surface area contributed by atoms with Gasteiger partial charge in [-0.1, -0.05) is 26.5 Å².